The number of hydrogen-bond acceptors (Lipinski definition) is 5. The first-order valence-electron chi connectivity index (χ1n) is 7.29. The first kappa shape index (κ1) is 18.4. The van der Waals surface area contributed by atoms with Gasteiger partial charge in [0.05, 0.1) is 17.2 Å². The Morgan fingerprint density at radius 1 is 1.16 bits per heavy atom. The SMILES string of the molecule is C[C@H](NC(=O)c1ccc([N+](=O)[O-])cc1)c1cccc(NS(C)(=O)=O)c1. The molecule has 0 heterocycles. The number of non-ortho nitro benzene ring substituents is 1. The maximum atomic E-state index is 12.2. The van der Waals surface area contributed by atoms with Crippen LogP contribution < -0.4 is 10.0 Å². The van der Waals surface area contributed by atoms with Crippen LogP contribution in [-0.2, 0) is 10.0 Å². The molecule has 2 N–H and O–H groups in total. The fourth-order valence-electron chi connectivity index (χ4n) is 2.18. The molecule has 0 saturated heterocycles. The topological polar surface area (TPSA) is 118 Å². The number of anilines is 1. The number of carbonyl (C=O) groups is 1. The molecule has 0 aliphatic rings. The number of nitrogens with zero attached hydrogens (tertiary/aromatic N) is 1. The molecule has 2 aromatic rings. The normalized spacial score (nSPS) is 12.2. The second-order valence-electron chi connectivity index (χ2n) is 5.50. The quantitative estimate of drug-likeness (QED) is 0.604. The van der Waals surface area contributed by atoms with Crippen LogP contribution in [0.5, 0.6) is 0 Å². The number of nitro groups is 1. The van der Waals surface area contributed by atoms with Gasteiger partial charge in [0.1, 0.15) is 0 Å². The lowest BCUT2D eigenvalue weighted by Crippen LogP contribution is -2.26. The minimum absolute atomic E-state index is 0.0934. The summed E-state index contributed by atoms with van der Waals surface area (Å²) in [5.41, 5.74) is 1.31. The number of nitrogens with one attached hydrogen (secondary N) is 2. The average molecular weight is 363 g/mol. The number of carbonyl (C=O) groups excluding carboxylic acids is 1. The fraction of sp³-hybridized carbons (Fsp3) is 0.188. The fourth-order valence-corrected chi connectivity index (χ4v) is 2.74. The molecule has 132 valence electrons. The van der Waals surface area contributed by atoms with Crippen LogP contribution >= 0.6 is 0 Å². The van der Waals surface area contributed by atoms with Gasteiger partial charge < -0.3 is 5.32 Å². The third-order valence-electron chi connectivity index (χ3n) is 3.38. The Bertz CT molecular complexity index is 894. The van der Waals surface area contributed by atoms with Crippen molar-refractivity contribution in [2.45, 2.75) is 13.0 Å². The van der Waals surface area contributed by atoms with Crippen molar-refractivity contribution in [3.8, 4) is 0 Å². The van der Waals surface area contributed by atoms with E-state index in [2.05, 4.69) is 10.0 Å². The van der Waals surface area contributed by atoms with E-state index in [1.54, 1.807) is 31.2 Å². The minimum Gasteiger partial charge on any atom is -0.346 e. The number of rotatable bonds is 6. The second-order valence-corrected chi connectivity index (χ2v) is 7.25. The molecule has 0 unspecified atom stereocenters. The van der Waals surface area contributed by atoms with Gasteiger partial charge in [0.2, 0.25) is 10.0 Å². The number of amides is 1. The number of hydrogen-bond donors (Lipinski definition) is 2. The molecule has 0 aromatic heterocycles. The molecule has 2 rings (SSSR count). The van der Waals surface area contributed by atoms with Crippen LogP contribution in [-0.4, -0.2) is 25.5 Å². The van der Waals surface area contributed by atoms with Crippen molar-refractivity contribution in [2.24, 2.45) is 0 Å². The van der Waals surface area contributed by atoms with Crippen LogP contribution in [0, 0.1) is 10.1 Å². The molecule has 0 aliphatic heterocycles. The van der Waals surface area contributed by atoms with E-state index in [0.717, 1.165) is 6.26 Å². The second kappa shape index (κ2) is 7.31. The summed E-state index contributed by atoms with van der Waals surface area (Å²) >= 11 is 0. The Kier molecular flexibility index (Phi) is 5.38. The molecule has 8 nitrogen and oxygen atoms in total. The maximum absolute atomic E-state index is 12.2. The lowest BCUT2D eigenvalue weighted by molar-refractivity contribution is -0.384. The molecule has 0 aliphatic carbocycles. The summed E-state index contributed by atoms with van der Waals surface area (Å²) < 4.78 is 25.0. The van der Waals surface area contributed by atoms with Gasteiger partial charge in [0, 0.05) is 23.4 Å². The molecule has 0 fully saturated rings. The van der Waals surface area contributed by atoms with E-state index in [-0.39, 0.29) is 17.6 Å². The van der Waals surface area contributed by atoms with Gasteiger partial charge in [-0.3, -0.25) is 19.6 Å². The van der Waals surface area contributed by atoms with Gasteiger partial charge >= 0.3 is 0 Å². The van der Waals surface area contributed by atoms with Crippen LogP contribution in [0.2, 0.25) is 0 Å². The van der Waals surface area contributed by atoms with Crippen molar-refractivity contribution in [3.63, 3.8) is 0 Å². The largest absolute Gasteiger partial charge is 0.346 e. The van der Waals surface area contributed by atoms with E-state index >= 15 is 0 Å². The highest BCUT2D eigenvalue weighted by Gasteiger charge is 2.14. The van der Waals surface area contributed by atoms with Crippen LogP contribution in [0.25, 0.3) is 0 Å². The summed E-state index contributed by atoms with van der Waals surface area (Å²) in [7, 11) is -3.39. The summed E-state index contributed by atoms with van der Waals surface area (Å²) in [5, 5.41) is 13.4. The first-order chi connectivity index (χ1) is 11.7. The Morgan fingerprint density at radius 2 is 1.80 bits per heavy atom. The lowest BCUT2D eigenvalue weighted by atomic mass is 10.1. The van der Waals surface area contributed by atoms with E-state index < -0.39 is 14.9 Å². The first-order valence-corrected chi connectivity index (χ1v) is 9.18. The van der Waals surface area contributed by atoms with Crippen molar-refractivity contribution in [2.75, 3.05) is 11.0 Å². The summed E-state index contributed by atoms with van der Waals surface area (Å²) in [6.07, 6.45) is 1.06. The van der Waals surface area contributed by atoms with Gasteiger partial charge in [0.15, 0.2) is 0 Å². The van der Waals surface area contributed by atoms with E-state index in [0.29, 0.717) is 16.8 Å². The predicted molar refractivity (Wildman–Crippen MR) is 93.9 cm³/mol. The molecule has 0 saturated carbocycles. The van der Waals surface area contributed by atoms with E-state index in [1.165, 1.54) is 24.3 Å². The number of nitro benzene ring substituents is 1. The van der Waals surface area contributed by atoms with Crippen molar-refractivity contribution in [1.29, 1.82) is 0 Å². The monoisotopic (exact) mass is 363 g/mol. The van der Waals surface area contributed by atoms with E-state index in [1.807, 2.05) is 0 Å². The number of benzene rings is 2. The van der Waals surface area contributed by atoms with E-state index in [9.17, 15) is 23.3 Å². The van der Waals surface area contributed by atoms with E-state index in [4.69, 9.17) is 0 Å². The smallest absolute Gasteiger partial charge is 0.269 e. The summed E-state index contributed by atoms with van der Waals surface area (Å²) in [6.45, 7) is 1.75. The Balaban J connectivity index is 2.10. The summed E-state index contributed by atoms with van der Waals surface area (Å²) in [6, 6.07) is 11.6. The van der Waals surface area contributed by atoms with Gasteiger partial charge in [-0.25, -0.2) is 8.42 Å². The summed E-state index contributed by atoms with van der Waals surface area (Å²) in [5.74, 6) is -0.385. The molecule has 0 radical (unpaired) electrons. The number of sulfonamides is 1. The molecular weight excluding hydrogens is 346 g/mol. The lowest BCUT2D eigenvalue weighted by Gasteiger charge is -2.15. The molecule has 2 aromatic carbocycles. The maximum Gasteiger partial charge on any atom is 0.269 e. The molecule has 1 amide bonds. The zero-order chi connectivity index (χ0) is 18.6. The minimum atomic E-state index is -3.39. The van der Waals surface area contributed by atoms with Gasteiger partial charge in [-0.05, 0) is 36.8 Å². The molecule has 1 atom stereocenters. The third kappa shape index (κ3) is 5.28. The summed E-state index contributed by atoms with van der Waals surface area (Å²) in [4.78, 5) is 22.3. The molecule has 0 bridgehead atoms. The van der Waals surface area contributed by atoms with Crippen LogP contribution in [0.3, 0.4) is 0 Å². The van der Waals surface area contributed by atoms with Crippen LogP contribution in [0.1, 0.15) is 28.9 Å². The Hall–Kier alpha value is -2.94. The van der Waals surface area contributed by atoms with Crippen molar-refractivity contribution in [1.82, 2.24) is 5.32 Å². The van der Waals surface area contributed by atoms with Gasteiger partial charge in [0.25, 0.3) is 11.6 Å². The highest BCUT2D eigenvalue weighted by Crippen LogP contribution is 2.19. The van der Waals surface area contributed by atoms with Gasteiger partial charge in [-0.1, -0.05) is 12.1 Å². The van der Waals surface area contributed by atoms with Gasteiger partial charge in [-0.15, -0.1) is 0 Å². The molecule has 9 heteroatoms. The molecular formula is C16H17N3O5S. The third-order valence-corrected chi connectivity index (χ3v) is 3.98. The van der Waals surface area contributed by atoms with Gasteiger partial charge in [-0.2, -0.15) is 0 Å². The van der Waals surface area contributed by atoms with Crippen molar-refractivity contribution >= 4 is 27.3 Å². The Labute approximate surface area is 145 Å². The highest BCUT2D eigenvalue weighted by molar-refractivity contribution is 7.92. The highest BCUT2D eigenvalue weighted by atomic mass is 32.2. The van der Waals surface area contributed by atoms with Crippen LogP contribution in [0.15, 0.2) is 48.5 Å². The zero-order valence-corrected chi connectivity index (χ0v) is 14.4. The zero-order valence-electron chi connectivity index (χ0n) is 13.6. The Morgan fingerprint density at radius 3 is 2.36 bits per heavy atom. The van der Waals surface area contributed by atoms with Crippen LogP contribution in [0.4, 0.5) is 11.4 Å². The molecule has 0 spiro atoms. The predicted octanol–water partition coefficient (Wildman–Crippen LogP) is 2.46. The van der Waals surface area contributed by atoms with Crippen molar-refractivity contribution < 1.29 is 18.1 Å². The average Bonchev–Trinajstić information content (AvgIpc) is 2.53. The standard InChI is InChI=1S/C16H17N3O5S/c1-11(13-4-3-5-14(10-13)18-25(2,23)24)17-16(20)12-6-8-15(9-7-12)19(21)22/h3-11,18H,1-2H3,(H,17,20)/t11-/m0/s1. The molecule has 25 heavy (non-hydrogen) atoms. The van der Waals surface area contributed by atoms with Crippen molar-refractivity contribution in [3.05, 3.63) is 69.8 Å².